The van der Waals surface area contributed by atoms with Gasteiger partial charge in [0.05, 0.1) is 27.8 Å². The van der Waals surface area contributed by atoms with Gasteiger partial charge >= 0.3 is 0 Å². The highest BCUT2D eigenvalue weighted by Gasteiger charge is 2.42. The van der Waals surface area contributed by atoms with Crippen molar-refractivity contribution in [2.45, 2.75) is 48.8 Å². The molecule has 2 aromatic heterocycles. The van der Waals surface area contributed by atoms with Gasteiger partial charge in [0.15, 0.2) is 0 Å². The van der Waals surface area contributed by atoms with Crippen LogP contribution in [0.25, 0.3) is 77.2 Å². The van der Waals surface area contributed by atoms with Crippen molar-refractivity contribution >= 4 is 95.5 Å². The molecule has 12 aromatic rings. The fourth-order valence-electron chi connectivity index (χ4n) is 12.1. The summed E-state index contributed by atoms with van der Waals surface area (Å²) in [6.45, 7) is 2.32. The Labute approximate surface area is 419 Å². The zero-order valence-corrected chi connectivity index (χ0v) is 40.5. The average molecular weight is 928 g/mol. The predicted octanol–water partition coefficient (Wildman–Crippen LogP) is 16.1. The minimum Gasteiger partial charge on any atom is -0.310 e. The van der Waals surface area contributed by atoms with E-state index in [1.54, 1.807) is 0 Å². The first kappa shape index (κ1) is 41.9. The van der Waals surface area contributed by atoms with Gasteiger partial charge in [-0.2, -0.15) is 0 Å². The van der Waals surface area contributed by atoms with Crippen LogP contribution in [0, 0.1) is 0 Å². The summed E-state index contributed by atoms with van der Waals surface area (Å²) in [4.78, 5) is 5.35. The molecule has 10 aromatic carbocycles. The molecule has 0 amide bonds. The van der Waals surface area contributed by atoms with Gasteiger partial charge in [-0.1, -0.05) is 207 Å². The smallest absolute Gasteiger partial charge is 0.249 e. The van der Waals surface area contributed by atoms with Gasteiger partial charge < -0.3 is 14.0 Å². The molecule has 0 aliphatic carbocycles. The summed E-state index contributed by atoms with van der Waals surface area (Å²) in [5.41, 5.74) is 21.2. The topological polar surface area (TPSA) is 13.1 Å². The van der Waals surface area contributed by atoms with Crippen molar-refractivity contribution in [2.75, 3.05) is 4.90 Å². The molecule has 0 saturated heterocycles. The predicted molar refractivity (Wildman–Crippen MR) is 304 cm³/mol. The summed E-state index contributed by atoms with van der Waals surface area (Å²) in [5.74, 6) is 0. The highest BCUT2D eigenvalue weighted by atomic mass is 32.2. The molecule has 0 atom stereocenters. The molecule has 0 radical (unpaired) electrons. The molecule has 5 heteroatoms. The first-order valence-corrected chi connectivity index (χ1v) is 26.2. The normalized spacial score (nSPS) is 12.7. The van der Waals surface area contributed by atoms with E-state index in [1.807, 2.05) is 11.8 Å². The third-order valence-corrected chi connectivity index (χ3v) is 16.4. The number of aromatic nitrogens is 2. The third-order valence-electron chi connectivity index (χ3n) is 15.2. The van der Waals surface area contributed by atoms with Crippen LogP contribution < -0.4 is 21.3 Å². The molecule has 338 valence electrons. The van der Waals surface area contributed by atoms with E-state index in [-0.39, 0.29) is 6.71 Å². The summed E-state index contributed by atoms with van der Waals surface area (Å²) < 4.78 is 4.95. The van der Waals surface area contributed by atoms with E-state index in [0.717, 1.165) is 12.1 Å². The van der Waals surface area contributed by atoms with E-state index in [9.17, 15) is 0 Å². The van der Waals surface area contributed by atoms with Crippen LogP contribution in [-0.2, 0) is 6.42 Å². The standard InChI is InChI=1S/C66H50BN3S/c1-2-3-4-7-21-44-40-62-65-64(41-44)71-63-43-48(69-59-34-18-14-28-53(59)54-29-15-19-35-60(54)69)37-39-56(63)67(65)55-38-36-47(68-57-32-16-12-26-51(57)52-27-13-17-33-58(52)68)42-61(55)70(62)66-49(45-22-8-5-9-23-45)30-20-31-50(66)46-24-10-6-11-25-46/h5-6,8-20,22-43H,2-4,7,21H2,1H3. The van der Waals surface area contributed by atoms with Crippen molar-refractivity contribution in [2.24, 2.45) is 0 Å². The van der Waals surface area contributed by atoms with Gasteiger partial charge in [-0.25, -0.2) is 0 Å². The average Bonchev–Trinajstić information content (AvgIpc) is 3.95. The van der Waals surface area contributed by atoms with E-state index < -0.39 is 0 Å². The van der Waals surface area contributed by atoms with E-state index >= 15 is 0 Å². The largest absolute Gasteiger partial charge is 0.310 e. The Morgan fingerprint density at radius 3 is 1.46 bits per heavy atom. The molecule has 71 heavy (non-hydrogen) atoms. The first-order chi connectivity index (χ1) is 35.2. The van der Waals surface area contributed by atoms with Crippen molar-refractivity contribution in [3.8, 4) is 33.6 Å². The maximum absolute atomic E-state index is 2.68. The van der Waals surface area contributed by atoms with E-state index in [2.05, 4.69) is 245 Å². The number of para-hydroxylation sites is 5. The number of hydrogen-bond donors (Lipinski definition) is 0. The summed E-state index contributed by atoms with van der Waals surface area (Å²) in [6.07, 6.45) is 5.90. The Kier molecular flexibility index (Phi) is 10.1. The van der Waals surface area contributed by atoms with Gasteiger partial charge in [-0.15, -0.1) is 0 Å². The number of anilines is 3. The third kappa shape index (κ3) is 6.74. The van der Waals surface area contributed by atoms with Crippen molar-refractivity contribution < 1.29 is 0 Å². The van der Waals surface area contributed by atoms with Crippen LogP contribution in [0.2, 0.25) is 0 Å². The fourth-order valence-corrected chi connectivity index (χ4v) is 13.3. The Balaban J connectivity index is 1.07. The number of rotatable bonds is 10. The van der Waals surface area contributed by atoms with E-state index in [1.165, 1.54) is 146 Å². The Hall–Kier alpha value is -7.99. The van der Waals surface area contributed by atoms with Crippen LogP contribution in [-0.4, -0.2) is 15.8 Å². The highest BCUT2D eigenvalue weighted by molar-refractivity contribution is 8.00. The number of nitrogens with zero attached hydrogens (tertiary/aromatic N) is 3. The summed E-state index contributed by atoms with van der Waals surface area (Å²) in [5, 5.41) is 5.08. The zero-order chi connectivity index (χ0) is 47.0. The number of aryl methyl sites for hydroxylation is 1. The SMILES string of the molecule is CCCCCCc1cc2c3c(c1)N(c1c(-c4ccccc4)cccc1-c1ccccc1)c1cc(-n4c5ccccc5c5ccccc54)ccc1B3c1ccc(-n3c4ccccc4c4ccccc43)cc1S2. The minimum absolute atomic E-state index is 0.0140. The quantitative estimate of drug-likeness (QED) is 0.100. The second-order valence-electron chi connectivity index (χ2n) is 19.3. The highest BCUT2D eigenvalue weighted by Crippen LogP contribution is 2.50. The molecule has 0 saturated carbocycles. The maximum atomic E-state index is 2.68. The maximum Gasteiger partial charge on any atom is 0.249 e. The lowest BCUT2D eigenvalue weighted by atomic mass is 9.34. The molecule has 0 unspecified atom stereocenters. The van der Waals surface area contributed by atoms with Crippen LogP contribution in [0.3, 0.4) is 0 Å². The summed E-state index contributed by atoms with van der Waals surface area (Å²) >= 11 is 1.96. The number of fused-ring (bicyclic) bond motifs is 10. The molecule has 2 aliphatic heterocycles. The lowest BCUT2D eigenvalue weighted by molar-refractivity contribution is 0.666. The Morgan fingerprint density at radius 1 is 0.408 bits per heavy atom. The van der Waals surface area contributed by atoms with Crippen molar-refractivity contribution in [1.29, 1.82) is 0 Å². The number of benzene rings is 10. The van der Waals surface area contributed by atoms with Gasteiger partial charge in [-0.3, -0.25) is 0 Å². The number of hydrogen-bond acceptors (Lipinski definition) is 2. The zero-order valence-electron chi connectivity index (χ0n) is 39.7. The molecule has 4 heterocycles. The van der Waals surface area contributed by atoms with Crippen molar-refractivity contribution in [1.82, 2.24) is 9.13 Å². The van der Waals surface area contributed by atoms with Crippen LogP contribution in [0.1, 0.15) is 38.2 Å². The molecule has 0 fully saturated rings. The second kappa shape index (κ2) is 17.2. The molecular formula is C66H50BN3S. The lowest BCUT2D eigenvalue weighted by Gasteiger charge is -2.42. The lowest BCUT2D eigenvalue weighted by Crippen LogP contribution is -2.60. The molecule has 2 aliphatic rings. The van der Waals surface area contributed by atoms with Crippen LogP contribution >= 0.6 is 11.8 Å². The summed E-state index contributed by atoms with van der Waals surface area (Å²) in [7, 11) is 0. The van der Waals surface area contributed by atoms with Gasteiger partial charge in [0.2, 0.25) is 6.71 Å². The molecule has 3 nitrogen and oxygen atoms in total. The molecule has 0 spiro atoms. The van der Waals surface area contributed by atoms with Crippen LogP contribution in [0.4, 0.5) is 17.1 Å². The van der Waals surface area contributed by atoms with Crippen molar-refractivity contribution in [3.63, 3.8) is 0 Å². The summed E-state index contributed by atoms with van der Waals surface area (Å²) in [6, 6.07) is 84.3. The van der Waals surface area contributed by atoms with Gasteiger partial charge in [0.1, 0.15) is 0 Å². The van der Waals surface area contributed by atoms with Crippen LogP contribution in [0.5, 0.6) is 0 Å². The van der Waals surface area contributed by atoms with Gasteiger partial charge in [0, 0.05) is 65.2 Å². The van der Waals surface area contributed by atoms with Crippen LogP contribution in [0.15, 0.2) is 234 Å². The molecular weight excluding hydrogens is 878 g/mol. The first-order valence-electron chi connectivity index (χ1n) is 25.4. The molecule has 0 N–H and O–H groups in total. The van der Waals surface area contributed by atoms with Gasteiger partial charge in [0.25, 0.3) is 0 Å². The van der Waals surface area contributed by atoms with E-state index in [0.29, 0.717) is 0 Å². The Morgan fingerprint density at radius 2 is 0.915 bits per heavy atom. The van der Waals surface area contributed by atoms with Gasteiger partial charge in [-0.05, 0) is 101 Å². The Bertz CT molecular complexity index is 3870. The monoisotopic (exact) mass is 927 g/mol. The van der Waals surface area contributed by atoms with Crippen molar-refractivity contribution in [3.05, 3.63) is 230 Å². The second-order valence-corrected chi connectivity index (χ2v) is 20.4. The van der Waals surface area contributed by atoms with E-state index in [4.69, 9.17) is 0 Å². The minimum atomic E-state index is 0.0140. The fraction of sp³-hybridized carbons (Fsp3) is 0.0909. The molecule has 14 rings (SSSR count). The molecule has 0 bridgehead atoms. The number of unbranched alkanes of at least 4 members (excludes halogenated alkanes) is 3.